The molecule has 0 amide bonds. The van der Waals surface area contributed by atoms with E-state index in [-0.39, 0.29) is 25.0 Å². The van der Waals surface area contributed by atoms with Crippen LogP contribution in [0.25, 0.3) is 0 Å². The zero-order valence-corrected chi connectivity index (χ0v) is 8.62. The summed E-state index contributed by atoms with van der Waals surface area (Å²) >= 11 is 0. The highest BCUT2D eigenvalue weighted by atomic mass is 16.5. The monoisotopic (exact) mass is 189 g/mol. The van der Waals surface area contributed by atoms with Crippen molar-refractivity contribution in [2.75, 3.05) is 33.4 Å². The van der Waals surface area contributed by atoms with E-state index in [4.69, 9.17) is 9.84 Å². The topological polar surface area (TPSA) is 49.8 Å². The summed E-state index contributed by atoms with van der Waals surface area (Å²) in [5.41, 5.74) is 0. The van der Waals surface area contributed by atoms with E-state index < -0.39 is 0 Å². The van der Waals surface area contributed by atoms with Crippen LogP contribution >= 0.6 is 0 Å². The molecule has 0 fully saturated rings. The number of ketones is 1. The van der Waals surface area contributed by atoms with Gasteiger partial charge in [-0.1, -0.05) is 0 Å². The summed E-state index contributed by atoms with van der Waals surface area (Å²) in [5.74, 6) is 0.0460. The second kappa shape index (κ2) is 7.00. The molecular weight excluding hydrogens is 170 g/mol. The number of ether oxygens (including phenoxy) is 1. The van der Waals surface area contributed by atoms with Gasteiger partial charge in [-0.15, -0.1) is 0 Å². The number of hydrogen-bond acceptors (Lipinski definition) is 4. The van der Waals surface area contributed by atoms with E-state index in [0.29, 0.717) is 13.1 Å². The van der Waals surface area contributed by atoms with Gasteiger partial charge in [0.25, 0.3) is 0 Å². The van der Waals surface area contributed by atoms with Crippen molar-refractivity contribution in [1.29, 1.82) is 0 Å². The number of Topliss-reactive ketones (excluding diaryl/α,β-unsaturated/α-hetero) is 1. The maximum Gasteiger partial charge on any atom is 0.172 e. The molecule has 78 valence electrons. The van der Waals surface area contributed by atoms with Gasteiger partial charge in [-0.3, -0.25) is 9.69 Å². The molecule has 0 bridgehead atoms. The van der Waals surface area contributed by atoms with Crippen LogP contribution in [0.2, 0.25) is 0 Å². The number of hydrogen-bond donors (Lipinski definition) is 1. The predicted octanol–water partition coefficient (Wildman–Crippen LogP) is -0.0954. The molecule has 4 heteroatoms. The van der Waals surface area contributed by atoms with Crippen molar-refractivity contribution in [3.05, 3.63) is 0 Å². The van der Waals surface area contributed by atoms with Crippen LogP contribution in [0.5, 0.6) is 0 Å². The molecular formula is C9H19NO3. The minimum atomic E-state index is 0.0460. The van der Waals surface area contributed by atoms with Crippen LogP contribution in [0.15, 0.2) is 0 Å². The summed E-state index contributed by atoms with van der Waals surface area (Å²) in [5, 5.41) is 8.74. The van der Waals surface area contributed by atoms with E-state index in [1.165, 1.54) is 7.11 Å². The van der Waals surface area contributed by atoms with Gasteiger partial charge in [0.15, 0.2) is 5.78 Å². The Kier molecular flexibility index (Phi) is 6.76. The lowest BCUT2D eigenvalue weighted by molar-refractivity contribution is -0.124. The molecule has 0 saturated heterocycles. The van der Waals surface area contributed by atoms with Gasteiger partial charge in [-0.2, -0.15) is 0 Å². The molecule has 0 aromatic heterocycles. The second-order valence-electron chi connectivity index (χ2n) is 3.26. The summed E-state index contributed by atoms with van der Waals surface area (Å²) in [6.07, 6.45) is 0. The summed E-state index contributed by atoms with van der Waals surface area (Å²) < 4.78 is 4.72. The van der Waals surface area contributed by atoms with Gasteiger partial charge in [0, 0.05) is 19.7 Å². The molecule has 0 saturated carbocycles. The smallest absolute Gasteiger partial charge is 0.172 e. The van der Waals surface area contributed by atoms with Crippen LogP contribution < -0.4 is 0 Å². The number of nitrogens with zero attached hydrogens (tertiary/aromatic N) is 1. The molecule has 0 radical (unpaired) electrons. The maximum atomic E-state index is 11.2. The van der Waals surface area contributed by atoms with Crippen LogP contribution in [0.1, 0.15) is 13.8 Å². The van der Waals surface area contributed by atoms with E-state index in [1.54, 1.807) is 0 Å². The molecule has 0 aromatic carbocycles. The van der Waals surface area contributed by atoms with Gasteiger partial charge in [-0.25, -0.2) is 0 Å². The summed E-state index contributed by atoms with van der Waals surface area (Å²) in [7, 11) is 1.50. The number of rotatable bonds is 7. The van der Waals surface area contributed by atoms with E-state index in [2.05, 4.69) is 0 Å². The fourth-order valence-electron chi connectivity index (χ4n) is 1.08. The highest BCUT2D eigenvalue weighted by molar-refractivity contribution is 5.81. The predicted molar refractivity (Wildman–Crippen MR) is 50.7 cm³/mol. The van der Waals surface area contributed by atoms with Gasteiger partial charge < -0.3 is 9.84 Å². The normalized spacial score (nSPS) is 11.2. The van der Waals surface area contributed by atoms with Crippen molar-refractivity contribution < 1.29 is 14.6 Å². The average Bonchev–Trinajstić information content (AvgIpc) is 2.04. The summed E-state index contributed by atoms with van der Waals surface area (Å²) in [4.78, 5) is 13.1. The Balaban J connectivity index is 3.86. The van der Waals surface area contributed by atoms with Crippen LogP contribution in [-0.2, 0) is 9.53 Å². The van der Waals surface area contributed by atoms with E-state index in [9.17, 15) is 4.79 Å². The quantitative estimate of drug-likeness (QED) is 0.608. The standard InChI is InChI=1S/C9H19NO3/c1-8(2)10(4-5-11)6-9(12)7-13-3/h8,11H,4-7H2,1-3H3. The number of aliphatic hydroxyl groups excluding tert-OH is 1. The molecule has 0 unspecified atom stereocenters. The van der Waals surface area contributed by atoms with Crippen LogP contribution in [0.4, 0.5) is 0 Å². The number of aliphatic hydroxyl groups is 1. The Morgan fingerprint density at radius 1 is 1.54 bits per heavy atom. The SMILES string of the molecule is COCC(=O)CN(CCO)C(C)C. The zero-order valence-electron chi connectivity index (χ0n) is 8.62. The number of carbonyl (C=O) groups is 1. The van der Waals surface area contributed by atoms with Gasteiger partial charge in [0.1, 0.15) is 6.61 Å². The van der Waals surface area contributed by atoms with Crippen molar-refractivity contribution in [3.8, 4) is 0 Å². The molecule has 0 aliphatic heterocycles. The Morgan fingerprint density at radius 2 is 2.15 bits per heavy atom. The molecule has 0 atom stereocenters. The third-order valence-electron chi connectivity index (χ3n) is 1.80. The van der Waals surface area contributed by atoms with Gasteiger partial charge in [0.2, 0.25) is 0 Å². The minimum Gasteiger partial charge on any atom is -0.395 e. The fourth-order valence-corrected chi connectivity index (χ4v) is 1.08. The van der Waals surface area contributed by atoms with E-state index >= 15 is 0 Å². The minimum absolute atomic E-state index is 0.0460. The Morgan fingerprint density at radius 3 is 2.54 bits per heavy atom. The Bertz CT molecular complexity index is 148. The third-order valence-corrected chi connectivity index (χ3v) is 1.80. The highest BCUT2D eigenvalue weighted by Crippen LogP contribution is 1.97. The molecule has 0 aromatic rings. The summed E-state index contributed by atoms with van der Waals surface area (Å²) in [6.45, 7) is 5.11. The van der Waals surface area contributed by atoms with Gasteiger partial charge in [0.05, 0.1) is 13.2 Å². The Hall–Kier alpha value is -0.450. The Labute approximate surface area is 79.5 Å². The van der Waals surface area contributed by atoms with Crippen molar-refractivity contribution in [1.82, 2.24) is 4.90 Å². The van der Waals surface area contributed by atoms with Gasteiger partial charge >= 0.3 is 0 Å². The first-order valence-electron chi connectivity index (χ1n) is 4.47. The van der Waals surface area contributed by atoms with Crippen LogP contribution in [0.3, 0.4) is 0 Å². The summed E-state index contributed by atoms with van der Waals surface area (Å²) in [6, 6.07) is 0.271. The molecule has 0 aliphatic rings. The first-order chi connectivity index (χ1) is 6.11. The largest absolute Gasteiger partial charge is 0.395 e. The van der Waals surface area contributed by atoms with Crippen molar-refractivity contribution in [2.45, 2.75) is 19.9 Å². The lowest BCUT2D eigenvalue weighted by Gasteiger charge is -2.24. The molecule has 1 N–H and O–H groups in total. The number of methoxy groups -OCH3 is 1. The average molecular weight is 189 g/mol. The van der Waals surface area contributed by atoms with Crippen LogP contribution in [-0.4, -0.2) is 55.2 Å². The van der Waals surface area contributed by atoms with Gasteiger partial charge in [-0.05, 0) is 13.8 Å². The highest BCUT2D eigenvalue weighted by Gasteiger charge is 2.12. The second-order valence-corrected chi connectivity index (χ2v) is 3.26. The van der Waals surface area contributed by atoms with Crippen molar-refractivity contribution in [3.63, 3.8) is 0 Å². The molecule has 4 nitrogen and oxygen atoms in total. The first-order valence-corrected chi connectivity index (χ1v) is 4.47. The molecule has 0 spiro atoms. The molecule has 0 aliphatic carbocycles. The van der Waals surface area contributed by atoms with Crippen molar-refractivity contribution >= 4 is 5.78 Å². The molecule has 0 heterocycles. The van der Waals surface area contributed by atoms with E-state index in [0.717, 1.165) is 0 Å². The lowest BCUT2D eigenvalue weighted by atomic mass is 10.3. The first kappa shape index (κ1) is 12.6. The molecule has 13 heavy (non-hydrogen) atoms. The van der Waals surface area contributed by atoms with Crippen molar-refractivity contribution in [2.24, 2.45) is 0 Å². The zero-order chi connectivity index (χ0) is 10.3. The molecule has 0 rings (SSSR count). The third kappa shape index (κ3) is 5.74. The maximum absolute atomic E-state index is 11.2. The van der Waals surface area contributed by atoms with E-state index in [1.807, 2.05) is 18.7 Å². The van der Waals surface area contributed by atoms with Crippen LogP contribution in [0, 0.1) is 0 Å². The fraction of sp³-hybridized carbons (Fsp3) is 0.889. The lowest BCUT2D eigenvalue weighted by Crippen LogP contribution is -2.38. The number of carbonyl (C=O) groups excluding carboxylic acids is 1.